The zero-order valence-electron chi connectivity index (χ0n) is 13.2. The summed E-state index contributed by atoms with van der Waals surface area (Å²) in [5, 5.41) is 0. The van der Waals surface area contributed by atoms with Crippen molar-refractivity contribution in [3.05, 3.63) is 64.7 Å². The maximum absolute atomic E-state index is 6.24. The average Bonchev–Trinajstić information content (AvgIpc) is 2.43. The number of hydrogen-bond donors (Lipinski definition) is 1. The Bertz CT molecular complexity index is 592. The van der Waals surface area contributed by atoms with Gasteiger partial charge >= 0.3 is 0 Å². The zero-order chi connectivity index (χ0) is 15.2. The number of benzene rings is 2. The Balaban J connectivity index is 1.82. The quantitative estimate of drug-likeness (QED) is 0.871. The molecule has 2 heteroatoms. The molecule has 2 aromatic carbocycles. The summed E-state index contributed by atoms with van der Waals surface area (Å²) < 4.78 is 5.77. The highest BCUT2D eigenvalue weighted by Gasteiger charge is 2.07. The molecule has 0 aliphatic carbocycles. The maximum Gasteiger partial charge on any atom is 0.119 e. The van der Waals surface area contributed by atoms with Crippen molar-refractivity contribution in [1.82, 2.24) is 0 Å². The van der Waals surface area contributed by atoms with E-state index < -0.39 is 0 Å². The minimum Gasteiger partial charge on any atom is -0.494 e. The van der Waals surface area contributed by atoms with Crippen molar-refractivity contribution in [2.75, 3.05) is 6.61 Å². The minimum absolute atomic E-state index is 0.135. The Hall–Kier alpha value is -1.80. The first kappa shape index (κ1) is 15.6. The van der Waals surface area contributed by atoms with E-state index in [0.717, 1.165) is 18.6 Å². The fourth-order valence-electron chi connectivity index (χ4n) is 2.44. The van der Waals surface area contributed by atoms with Gasteiger partial charge in [0.05, 0.1) is 6.61 Å². The highest BCUT2D eigenvalue weighted by Crippen LogP contribution is 2.15. The van der Waals surface area contributed by atoms with E-state index in [9.17, 15) is 0 Å². The molecular weight excluding hydrogens is 258 g/mol. The lowest BCUT2D eigenvalue weighted by atomic mass is 9.98. The smallest absolute Gasteiger partial charge is 0.119 e. The zero-order valence-corrected chi connectivity index (χ0v) is 13.2. The number of nitrogens with two attached hydrogens (primary N) is 1. The van der Waals surface area contributed by atoms with Crippen molar-refractivity contribution in [3.63, 3.8) is 0 Å². The highest BCUT2D eigenvalue weighted by atomic mass is 16.5. The second kappa shape index (κ2) is 7.28. The van der Waals surface area contributed by atoms with E-state index in [1.165, 1.54) is 22.3 Å². The predicted octanol–water partition coefficient (Wildman–Crippen LogP) is 3.95. The molecule has 0 heterocycles. The lowest BCUT2D eigenvalue weighted by Crippen LogP contribution is -2.25. The molecule has 0 aliphatic heterocycles. The molecule has 0 saturated carbocycles. The first-order valence-electron chi connectivity index (χ1n) is 7.56. The molecule has 2 aromatic rings. The van der Waals surface area contributed by atoms with E-state index in [0.29, 0.717) is 6.61 Å². The van der Waals surface area contributed by atoms with E-state index in [1.54, 1.807) is 0 Å². The Morgan fingerprint density at radius 2 is 1.76 bits per heavy atom. The van der Waals surface area contributed by atoms with Crippen LogP contribution >= 0.6 is 0 Å². The van der Waals surface area contributed by atoms with Crippen LogP contribution in [0.2, 0.25) is 0 Å². The monoisotopic (exact) mass is 283 g/mol. The van der Waals surface area contributed by atoms with Gasteiger partial charge in [-0.1, -0.05) is 35.9 Å². The van der Waals surface area contributed by atoms with E-state index in [-0.39, 0.29) is 6.04 Å². The Labute approximate surface area is 127 Å². The summed E-state index contributed by atoms with van der Waals surface area (Å²) in [5.74, 6) is 0.925. The molecule has 0 bridgehead atoms. The van der Waals surface area contributed by atoms with Crippen molar-refractivity contribution < 1.29 is 4.74 Å². The van der Waals surface area contributed by atoms with Crippen molar-refractivity contribution in [2.45, 2.75) is 39.7 Å². The van der Waals surface area contributed by atoms with Gasteiger partial charge < -0.3 is 10.5 Å². The second-order valence-electron chi connectivity index (χ2n) is 5.85. The van der Waals surface area contributed by atoms with Crippen LogP contribution in [0.3, 0.4) is 0 Å². The molecule has 1 unspecified atom stereocenters. The van der Waals surface area contributed by atoms with Crippen LogP contribution in [0.5, 0.6) is 5.75 Å². The molecule has 1 atom stereocenters. The summed E-state index contributed by atoms with van der Waals surface area (Å²) in [5.41, 5.74) is 11.4. The normalized spacial score (nSPS) is 12.2. The largest absolute Gasteiger partial charge is 0.494 e. The van der Waals surface area contributed by atoms with Crippen molar-refractivity contribution >= 4 is 0 Å². The molecule has 0 radical (unpaired) electrons. The van der Waals surface area contributed by atoms with Gasteiger partial charge in [-0.2, -0.15) is 0 Å². The van der Waals surface area contributed by atoms with Crippen LogP contribution in [0.15, 0.2) is 42.5 Å². The number of aryl methyl sites for hydroxylation is 3. The van der Waals surface area contributed by atoms with Crippen LogP contribution < -0.4 is 10.5 Å². The van der Waals surface area contributed by atoms with Gasteiger partial charge in [-0.25, -0.2) is 0 Å². The van der Waals surface area contributed by atoms with Gasteiger partial charge in [0.2, 0.25) is 0 Å². The third-order valence-corrected chi connectivity index (χ3v) is 3.73. The predicted molar refractivity (Wildman–Crippen MR) is 88.9 cm³/mol. The SMILES string of the molecule is Cc1cccc(OCCC(N)Cc2cc(C)ccc2C)c1. The van der Waals surface area contributed by atoms with Crippen LogP contribution in [-0.4, -0.2) is 12.6 Å². The summed E-state index contributed by atoms with van der Waals surface area (Å²) >= 11 is 0. The first-order chi connectivity index (χ1) is 10.0. The highest BCUT2D eigenvalue weighted by molar-refractivity contribution is 5.31. The summed E-state index contributed by atoms with van der Waals surface area (Å²) in [4.78, 5) is 0. The summed E-state index contributed by atoms with van der Waals surface area (Å²) in [7, 11) is 0. The molecule has 0 fully saturated rings. The van der Waals surface area contributed by atoms with Crippen LogP contribution in [-0.2, 0) is 6.42 Å². The lowest BCUT2D eigenvalue weighted by Gasteiger charge is -2.15. The third kappa shape index (κ3) is 4.91. The summed E-state index contributed by atoms with van der Waals surface area (Å²) in [6.45, 7) is 6.99. The molecule has 21 heavy (non-hydrogen) atoms. The van der Waals surface area contributed by atoms with Crippen LogP contribution in [0.25, 0.3) is 0 Å². The van der Waals surface area contributed by atoms with Gasteiger partial charge in [0, 0.05) is 6.04 Å². The van der Waals surface area contributed by atoms with E-state index in [1.807, 2.05) is 12.1 Å². The Morgan fingerprint density at radius 3 is 2.52 bits per heavy atom. The van der Waals surface area contributed by atoms with Crippen molar-refractivity contribution in [2.24, 2.45) is 5.73 Å². The molecule has 2 rings (SSSR count). The molecule has 0 aromatic heterocycles. The fourth-order valence-corrected chi connectivity index (χ4v) is 2.44. The van der Waals surface area contributed by atoms with Crippen LogP contribution in [0.1, 0.15) is 28.7 Å². The topological polar surface area (TPSA) is 35.2 Å². The second-order valence-corrected chi connectivity index (χ2v) is 5.85. The molecule has 112 valence electrons. The molecule has 0 aliphatic rings. The van der Waals surface area contributed by atoms with Gasteiger partial charge in [0.25, 0.3) is 0 Å². The molecule has 2 nitrogen and oxygen atoms in total. The number of ether oxygens (including phenoxy) is 1. The standard InChI is InChI=1S/C19H25NO/c1-14-5-4-6-19(12-14)21-10-9-18(20)13-17-11-15(2)7-8-16(17)3/h4-8,11-12,18H,9-10,13,20H2,1-3H3. The summed E-state index contributed by atoms with van der Waals surface area (Å²) in [6.07, 6.45) is 1.77. The van der Waals surface area contributed by atoms with Crippen molar-refractivity contribution in [3.8, 4) is 5.75 Å². The number of hydrogen-bond acceptors (Lipinski definition) is 2. The van der Waals surface area contributed by atoms with Crippen molar-refractivity contribution in [1.29, 1.82) is 0 Å². The van der Waals surface area contributed by atoms with Gasteiger partial charge in [-0.15, -0.1) is 0 Å². The first-order valence-corrected chi connectivity index (χ1v) is 7.56. The lowest BCUT2D eigenvalue weighted by molar-refractivity contribution is 0.297. The van der Waals surface area contributed by atoms with Gasteiger partial charge in [-0.3, -0.25) is 0 Å². The Kier molecular flexibility index (Phi) is 5.40. The molecular formula is C19H25NO. The summed E-state index contributed by atoms with van der Waals surface area (Å²) in [6, 6.07) is 14.8. The Morgan fingerprint density at radius 1 is 1.00 bits per heavy atom. The third-order valence-electron chi connectivity index (χ3n) is 3.73. The average molecular weight is 283 g/mol. The molecule has 2 N–H and O–H groups in total. The van der Waals surface area contributed by atoms with E-state index in [2.05, 4.69) is 51.1 Å². The van der Waals surface area contributed by atoms with Crippen LogP contribution in [0, 0.1) is 20.8 Å². The molecule has 0 amide bonds. The van der Waals surface area contributed by atoms with Crippen LogP contribution in [0.4, 0.5) is 0 Å². The number of rotatable bonds is 6. The van der Waals surface area contributed by atoms with Gasteiger partial charge in [0.15, 0.2) is 0 Å². The van der Waals surface area contributed by atoms with Gasteiger partial charge in [-0.05, 0) is 62.4 Å². The van der Waals surface area contributed by atoms with E-state index in [4.69, 9.17) is 10.5 Å². The molecule has 0 saturated heterocycles. The van der Waals surface area contributed by atoms with E-state index >= 15 is 0 Å². The minimum atomic E-state index is 0.135. The fraction of sp³-hybridized carbons (Fsp3) is 0.368. The molecule has 0 spiro atoms. The van der Waals surface area contributed by atoms with Gasteiger partial charge in [0.1, 0.15) is 5.75 Å². The maximum atomic E-state index is 6.24.